The Bertz CT molecular complexity index is 490. The van der Waals surface area contributed by atoms with Crippen molar-refractivity contribution < 1.29 is 9.90 Å². The number of carboxylic acid groups (broad SMARTS) is 1. The molecule has 0 radical (unpaired) electrons. The molecular weight excluding hydrogens is 182 g/mol. The Labute approximate surface area is 79.6 Å². The number of nitrogen functional groups attached to an aromatic ring is 1. The first-order chi connectivity index (χ1) is 6.66. The molecule has 1 aromatic carbocycles. The number of benzene rings is 1. The molecule has 5 nitrogen and oxygen atoms in total. The molecule has 14 heavy (non-hydrogen) atoms. The molecule has 0 amide bonds. The summed E-state index contributed by atoms with van der Waals surface area (Å²) in [4.78, 5) is 17.4. The summed E-state index contributed by atoms with van der Waals surface area (Å²) in [6.07, 6.45) is -0.0400. The molecule has 5 heteroatoms. The van der Waals surface area contributed by atoms with Gasteiger partial charge in [0.2, 0.25) is 0 Å². The number of nitrogens with one attached hydrogen (secondary N) is 1. The van der Waals surface area contributed by atoms with E-state index < -0.39 is 5.97 Å². The van der Waals surface area contributed by atoms with Crippen molar-refractivity contribution in [1.29, 1.82) is 0 Å². The number of anilines is 1. The number of fused-ring (bicyclic) bond motifs is 1. The van der Waals surface area contributed by atoms with E-state index >= 15 is 0 Å². The van der Waals surface area contributed by atoms with E-state index in [4.69, 9.17) is 10.8 Å². The average Bonchev–Trinajstić information content (AvgIpc) is 2.45. The minimum atomic E-state index is -0.876. The highest BCUT2D eigenvalue weighted by Crippen LogP contribution is 2.17. The summed E-state index contributed by atoms with van der Waals surface area (Å²) < 4.78 is 0. The lowest BCUT2D eigenvalue weighted by Gasteiger charge is -1.96. The highest BCUT2D eigenvalue weighted by Gasteiger charge is 2.08. The van der Waals surface area contributed by atoms with Crippen LogP contribution in [0.2, 0.25) is 0 Å². The number of aromatic amines is 1. The highest BCUT2D eigenvalue weighted by atomic mass is 16.4. The zero-order valence-electron chi connectivity index (χ0n) is 7.32. The van der Waals surface area contributed by atoms with Gasteiger partial charge in [-0.25, -0.2) is 4.98 Å². The molecule has 0 aliphatic heterocycles. The van der Waals surface area contributed by atoms with E-state index in [0.29, 0.717) is 17.0 Å². The van der Waals surface area contributed by atoms with Crippen molar-refractivity contribution >= 4 is 23.0 Å². The van der Waals surface area contributed by atoms with Crippen molar-refractivity contribution in [3.05, 3.63) is 23.8 Å². The molecule has 0 unspecified atom stereocenters. The molecule has 0 aliphatic rings. The van der Waals surface area contributed by atoms with Crippen LogP contribution in [0, 0.1) is 0 Å². The van der Waals surface area contributed by atoms with Crippen LogP contribution in [0.1, 0.15) is 5.56 Å². The van der Waals surface area contributed by atoms with Crippen molar-refractivity contribution in [1.82, 2.24) is 9.97 Å². The maximum atomic E-state index is 10.5. The first-order valence-corrected chi connectivity index (χ1v) is 4.11. The Morgan fingerprint density at radius 1 is 1.57 bits per heavy atom. The van der Waals surface area contributed by atoms with E-state index in [0.717, 1.165) is 5.52 Å². The van der Waals surface area contributed by atoms with Gasteiger partial charge < -0.3 is 15.8 Å². The fourth-order valence-electron chi connectivity index (χ4n) is 1.42. The van der Waals surface area contributed by atoms with Gasteiger partial charge in [0, 0.05) is 0 Å². The number of H-pyrrole nitrogens is 1. The number of hydrogen-bond donors (Lipinski definition) is 3. The molecule has 1 aromatic heterocycles. The Morgan fingerprint density at radius 2 is 2.36 bits per heavy atom. The van der Waals surface area contributed by atoms with E-state index in [2.05, 4.69) is 9.97 Å². The van der Waals surface area contributed by atoms with Gasteiger partial charge in [-0.15, -0.1) is 0 Å². The predicted octanol–water partition coefficient (Wildman–Crippen LogP) is 0.772. The van der Waals surface area contributed by atoms with Crippen LogP contribution in [0.15, 0.2) is 18.2 Å². The van der Waals surface area contributed by atoms with Crippen molar-refractivity contribution in [3.8, 4) is 0 Å². The van der Waals surface area contributed by atoms with Crippen LogP contribution in [0.5, 0.6) is 0 Å². The first kappa shape index (κ1) is 8.55. The summed E-state index contributed by atoms with van der Waals surface area (Å²) >= 11 is 0. The summed E-state index contributed by atoms with van der Waals surface area (Å²) in [5, 5.41) is 8.66. The van der Waals surface area contributed by atoms with Gasteiger partial charge in [0.25, 0.3) is 0 Å². The van der Waals surface area contributed by atoms with Gasteiger partial charge in [0.1, 0.15) is 0 Å². The number of nitrogens with zero attached hydrogens (tertiary/aromatic N) is 1. The number of hydrogen-bond acceptors (Lipinski definition) is 3. The minimum absolute atomic E-state index is 0.0400. The normalized spacial score (nSPS) is 10.6. The molecule has 0 atom stereocenters. The van der Waals surface area contributed by atoms with Gasteiger partial charge in [-0.3, -0.25) is 4.79 Å². The number of rotatable bonds is 2. The lowest BCUT2D eigenvalue weighted by atomic mass is 10.1. The zero-order valence-corrected chi connectivity index (χ0v) is 7.32. The van der Waals surface area contributed by atoms with Crippen LogP contribution in [-0.2, 0) is 11.2 Å². The molecule has 72 valence electrons. The summed E-state index contributed by atoms with van der Waals surface area (Å²) in [6.45, 7) is 0. The molecular formula is C9H9N3O2. The molecule has 0 saturated carbocycles. The van der Waals surface area contributed by atoms with Crippen molar-refractivity contribution in [2.24, 2.45) is 0 Å². The lowest BCUT2D eigenvalue weighted by Crippen LogP contribution is -2.00. The average molecular weight is 191 g/mol. The molecule has 2 aromatic rings. The fourth-order valence-corrected chi connectivity index (χ4v) is 1.42. The number of para-hydroxylation sites is 1. The second-order valence-electron chi connectivity index (χ2n) is 3.01. The first-order valence-electron chi connectivity index (χ1n) is 4.11. The minimum Gasteiger partial charge on any atom is -0.481 e. The number of aliphatic carboxylic acids is 1. The van der Waals surface area contributed by atoms with E-state index in [-0.39, 0.29) is 6.42 Å². The predicted molar refractivity (Wildman–Crippen MR) is 51.8 cm³/mol. The van der Waals surface area contributed by atoms with Gasteiger partial charge >= 0.3 is 5.97 Å². The second-order valence-corrected chi connectivity index (χ2v) is 3.01. The largest absolute Gasteiger partial charge is 0.481 e. The summed E-state index contributed by atoms with van der Waals surface area (Å²) in [5.74, 6) is -0.572. The summed E-state index contributed by atoms with van der Waals surface area (Å²) in [5.41, 5.74) is 7.54. The third-order valence-corrected chi connectivity index (χ3v) is 1.96. The highest BCUT2D eigenvalue weighted by molar-refractivity contribution is 5.84. The Balaban J connectivity index is 2.58. The van der Waals surface area contributed by atoms with Gasteiger partial charge in [0.05, 0.1) is 17.5 Å². The Kier molecular flexibility index (Phi) is 1.85. The molecule has 0 saturated heterocycles. The van der Waals surface area contributed by atoms with Crippen LogP contribution < -0.4 is 5.73 Å². The van der Waals surface area contributed by atoms with Crippen molar-refractivity contribution in [2.75, 3.05) is 5.73 Å². The molecule has 0 bridgehead atoms. The number of aromatic nitrogens is 2. The molecule has 0 fully saturated rings. The van der Waals surface area contributed by atoms with Gasteiger partial charge in [-0.05, 0) is 11.6 Å². The smallest absolute Gasteiger partial charge is 0.307 e. The lowest BCUT2D eigenvalue weighted by molar-refractivity contribution is -0.136. The number of imidazole rings is 1. The number of carboxylic acids is 1. The maximum Gasteiger partial charge on any atom is 0.307 e. The SMILES string of the molecule is Nc1nc2c(CC(=O)O)cccc2[nH]1. The molecule has 1 heterocycles. The van der Waals surface area contributed by atoms with E-state index in [1.165, 1.54) is 0 Å². The van der Waals surface area contributed by atoms with Crippen molar-refractivity contribution in [3.63, 3.8) is 0 Å². The van der Waals surface area contributed by atoms with E-state index in [1.54, 1.807) is 12.1 Å². The summed E-state index contributed by atoms with van der Waals surface area (Å²) in [6, 6.07) is 5.32. The Morgan fingerprint density at radius 3 is 3.07 bits per heavy atom. The molecule has 0 spiro atoms. The van der Waals surface area contributed by atoms with E-state index in [1.807, 2.05) is 6.07 Å². The standard InChI is InChI=1S/C9H9N3O2/c10-9-11-6-3-1-2-5(4-7(13)14)8(6)12-9/h1-3H,4H2,(H,13,14)(H3,10,11,12). The van der Waals surface area contributed by atoms with Crippen LogP contribution in [0.3, 0.4) is 0 Å². The van der Waals surface area contributed by atoms with Gasteiger partial charge in [-0.2, -0.15) is 0 Å². The van der Waals surface area contributed by atoms with Gasteiger partial charge in [0.15, 0.2) is 5.95 Å². The van der Waals surface area contributed by atoms with Crippen LogP contribution in [0.4, 0.5) is 5.95 Å². The molecule has 2 rings (SSSR count). The third-order valence-electron chi connectivity index (χ3n) is 1.96. The molecule has 4 N–H and O–H groups in total. The van der Waals surface area contributed by atoms with Gasteiger partial charge in [-0.1, -0.05) is 12.1 Å². The topological polar surface area (TPSA) is 92.0 Å². The number of carbonyl (C=O) groups is 1. The van der Waals surface area contributed by atoms with Crippen molar-refractivity contribution in [2.45, 2.75) is 6.42 Å². The zero-order chi connectivity index (χ0) is 10.1. The third kappa shape index (κ3) is 1.39. The Hall–Kier alpha value is -2.04. The van der Waals surface area contributed by atoms with Crippen LogP contribution in [0.25, 0.3) is 11.0 Å². The second kappa shape index (κ2) is 3.02. The summed E-state index contributed by atoms with van der Waals surface area (Å²) in [7, 11) is 0. The fraction of sp³-hybridized carbons (Fsp3) is 0.111. The maximum absolute atomic E-state index is 10.5. The monoisotopic (exact) mass is 191 g/mol. The van der Waals surface area contributed by atoms with Crippen LogP contribution in [-0.4, -0.2) is 21.0 Å². The number of nitrogens with two attached hydrogens (primary N) is 1. The molecule has 0 aliphatic carbocycles. The quantitative estimate of drug-likeness (QED) is 0.653. The van der Waals surface area contributed by atoms with E-state index in [9.17, 15) is 4.79 Å². The van der Waals surface area contributed by atoms with Crippen LogP contribution >= 0.6 is 0 Å².